The molecule has 1 unspecified atom stereocenters. The van der Waals surface area contributed by atoms with Crippen molar-refractivity contribution in [2.45, 2.75) is 57.9 Å². The van der Waals surface area contributed by atoms with Gasteiger partial charge in [-0.05, 0) is 104 Å². The van der Waals surface area contributed by atoms with Gasteiger partial charge in [-0.1, -0.05) is 24.6 Å². The molecule has 9 rings (SSSR count). The van der Waals surface area contributed by atoms with Crippen LogP contribution in [0.4, 0.5) is 22.7 Å². The van der Waals surface area contributed by atoms with Crippen LogP contribution in [0.25, 0.3) is 4.85 Å². The number of benzene rings is 3. The maximum atomic E-state index is 13.6. The van der Waals surface area contributed by atoms with Gasteiger partial charge in [-0.25, -0.2) is 4.85 Å². The van der Waals surface area contributed by atoms with Crippen LogP contribution < -0.4 is 20.0 Å². The molecule has 13 nitrogen and oxygen atoms in total. The second kappa shape index (κ2) is 15.9. The lowest BCUT2D eigenvalue weighted by Gasteiger charge is -2.45. The average Bonchev–Trinajstić information content (AvgIpc) is 3.78. The Balaban J connectivity index is 0.726. The number of amides is 5. The first kappa shape index (κ1) is 40.0. The molecule has 312 valence electrons. The van der Waals surface area contributed by atoms with Gasteiger partial charge in [-0.2, -0.15) is 0 Å². The van der Waals surface area contributed by atoms with Crippen molar-refractivity contribution in [3.63, 3.8) is 0 Å². The fourth-order valence-corrected chi connectivity index (χ4v) is 10.6. The molecule has 1 N–H and O–H groups in total. The van der Waals surface area contributed by atoms with Crippen molar-refractivity contribution >= 4 is 63.9 Å². The molecule has 14 heteroatoms. The molecule has 6 heterocycles. The highest BCUT2D eigenvalue weighted by Gasteiger charge is 2.45. The van der Waals surface area contributed by atoms with Crippen LogP contribution in [-0.4, -0.2) is 122 Å². The van der Waals surface area contributed by atoms with Gasteiger partial charge in [-0.15, -0.1) is 0 Å². The monoisotopic (exact) mass is 830 g/mol. The molecule has 6 aliphatic heterocycles. The molecule has 5 saturated heterocycles. The summed E-state index contributed by atoms with van der Waals surface area (Å²) >= 11 is 6.34. The van der Waals surface area contributed by atoms with Gasteiger partial charge in [0.15, 0.2) is 0 Å². The van der Waals surface area contributed by atoms with Gasteiger partial charge in [-0.3, -0.25) is 39.1 Å². The van der Waals surface area contributed by atoms with Gasteiger partial charge >= 0.3 is 0 Å². The Bertz CT molecular complexity index is 2270. The summed E-state index contributed by atoms with van der Waals surface area (Å²) in [6.07, 6.45) is 5.30. The summed E-state index contributed by atoms with van der Waals surface area (Å²) in [5.74, 6) is -1.85. The fourth-order valence-electron chi connectivity index (χ4n) is 10.4. The van der Waals surface area contributed by atoms with Crippen molar-refractivity contribution in [3.05, 3.63) is 93.8 Å². The molecule has 1 spiro atoms. The highest BCUT2D eigenvalue weighted by Crippen LogP contribution is 2.43. The minimum atomic E-state index is -0.970. The lowest BCUT2D eigenvalue weighted by atomic mass is 9.77. The van der Waals surface area contributed by atoms with Crippen LogP contribution in [0.15, 0.2) is 60.7 Å². The Morgan fingerprint density at radius 3 is 2.05 bits per heavy atom. The van der Waals surface area contributed by atoms with Crippen LogP contribution in [0.2, 0.25) is 5.02 Å². The van der Waals surface area contributed by atoms with E-state index in [0.717, 1.165) is 132 Å². The van der Waals surface area contributed by atoms with Gasteiger partial charge in [0.05, 0.1) is 17.7 Å². The number of fused-ring (bicyclic) bond motifs is 1. The molecule has 1 atom stereocenters. The summed E-state index contributed by atoms with van der Waals surface area (Å²) in [7, 11) is 0. The van der Waals surface area contributed by atoms with Crippen molar-refractivity contribution in [3.8, 4) is 0 Å². The van der Waals surface area contributed by atoms with Gasteiger partial charge in [0.1, 0.15) is 6.04 Å². The highest BCUT2D eigenvalue weighted by atomic mass is 35.5. The number of nitrogens with one attached hydrogen (secondary N) is 1. The van der Waals surface area contributed by atoms with Crippen LogP contribution in [-0.2, 0) is 9.59 Å². The van der Waals surface area contributed by atoms with Crippen LogP contribution in [0, 0.1) is 17.4 Å². The Morgan fingerprint density at radius 1 is 0.750 bits per heavy atom. The fraction of sp³-hybridized carbons (Fsp3) is 0.478. The predicted molar refractivity (Wildman–Crippen MR) is 230 cm³/mol. The minimum absolute atomic E-state index is 0.0951. The number of rotatable bonds is 7. The summed E-state index contributed by atoms with van der Waals surface area (Å²) in [5, 5.41) is 2.75. The number of carbonyl (C=O) groups excluding carboxylic acids is 5. The van der Waals surface area contributed by atoms with Crippen LogP contribution in [0.3, 0.4) is 0 Å². The third kappa shape index (κ3) is 7.60. The quantitative estimate of drug-likeness (QED) is 0.231. The molecule has 0 aromatic heterocycles. The van der Waals surface area contributed by atoms with Crippen LogP contribution in [0.1, 0.15) is 82.9 Å². The SMILES string of the molecule is [C-]#[N+]c1ccc(N2CCC3(CCN(C(=O)c4ccc(N5CCN(CC6(C)CCN(c7ccc8c(c7)C(=O)N(C7CCC(=O)NC7=O)C8=O)CC6)CC5)cc4)CC3)C2)cc1Cl. The van der Waals surface area contributed by atoms with E-state index in [2.05, 4.69) is 48.8 Å². The summed E-state index contributed by atoms with van der Waals surface area (Å²) in [4.78, 5) is 80.4. The normalized spacial score (nSPS) is 22.9. The molecule has 0 aliphatic carbocycles. The zero-order chi connectivity index (χ0) is 41.8. The summed E-state index contributed by atoms with van der Waals surface area (Å²) in [5.41, 5.74) is 5.30. The molecule has 6 aliphatic rings. The van der Waals surface area contributed by atoms with E-state index < -0.39 is 23.8 Å². The van der Waals surface area contributed by atoms with Crippen molar-refractivity contribution in [2.75, 3.05) is 86.7 Å². The van der Waals surface area contributed by atoms with E-state index in [1.54, 1.807) is 18.2 Å². The van der Waals surface area contributed by atoms with Crippen molar-refractivity contribution < 1.29 is 24.0 Å². The zero-order valence-electron chi connectivity index (χ0n) is 34.1. The summed E-state index contributed by atoms with van der Waals surface area (Å²) in [6, 6.07) is 18.3. The number of halogens is 1. The minimum Gasteiger partial charge on any atom is -0.371 e. The van der Waals surface area contributed by atoms with Crippen molar-refractivity contribution in [2.24, 2.45) is 10.8 Å². The number of likely N-dealkylation sites (tertiary alicyclic amines) is 1. The largest absolute Gasteiger partial charge is 0.371 e. The zero-order valence-corrected chi connectivity index (χ0v) is 34.9. The number of piperazine rings is 1. The van der Waals surface area contributed by atoms with E-state index >= 15 is 0 Å². The molecule has 5 amide bonds. The maximum absolute atomic E-state index is 13.6. The first-order valence-electron chi connectivity index (χ1n) is 21.3. The molecular formula is C46H51ClN8O5. The molecule has 0 bridgehead atoms. The second-order valence-electron chi connectivity index (χ2n) is 18.0. The topological polar surface area (TPSA) is 121 Å². The lowest BCUT2D eigenvalue weighted by Crippen LogP contribution is -2.54. The molecule has 3 aromatic rings. The van der Waals surface area contributed by atoms with Crippen LogP contribution >= 0.6 is 11.6 Å². The van der Waals surface area contributed by atoms with E-state index in [4.69, 9.17) is 18.2 Å². The van der Waals surface area contributed by atoms with Gasteiger partial charge in [0, 0.05) is 106 Å². The Morgan fingerprint density at radius 2 is 1.37 bits per heavy atom. The number of hydrogen-bond donors (Lipinski definition) is 1. The van der Waals surface area contributed by atoms with Crippen molar-refractivity contribution in [1.29, 1.82) is 0 Å². The Labute approximate surface area is 356 Å². The predicted octanol–water partition coefficient (Wildman–Crippen LogP) is 5.85. The number of piperidine rings is 3. The number of hydrogen-bond acceptors (Lipinski definition) is 9. The molecule has 5 fully saturated rings. The average molecular weight is 831 g/mol. The van der Waals surface area contributed by atoms with E-state index in [1.807, 2.05) is 35.2 Å². The maximum Gasteiger partial charge on any atom is 0.262 e. The highest BCUT2D eigenvalue weighted by molar-refractivity contribution is 6.33. The number of nitrogens with zero attached hydrogens (tertiary/aromatic N) is 7. The van der Waals surface area contributed by atoms with Gasteiger partial charge in [0.25, 0.3) is 17.7 Å². The third-order valence-electron chi connectivity index (χ3n) is 14.2. The Kier molecular flexibility index (Phi) is 10.6. The number of anilines is 3. The standard InChI is InChI=1S/C46H51ClN8O5/c1-45(13-18-51(19-14-45)33-7-9-35-36(27-33)44(60)55(43(35)59)39-11-12-40(56)49-41(39)57)29-50-23-25-52(26-24-50)32-5-3-31(4-6-32)42(58)53-20-15-46(16-21-53)17-22-54(30-46)34-8-10-38(48-2)37(47)28-34/h3-10,27-28,39H,11-26,29-30H2,1H3,(H,49,56,57). The second-order valence-corrected chi connectivity index (χ2v) is 18.4. The van der Waals surface area contributed by atoms with E-state index in [9.17, 15) is 24.0 Å². The smallest absolute Gasteiger partial charge is 0.262 e. The van der Waals surface area contributed by atoms with Gasteiger partial charge < -0.3 is 19.6 Å². The number of imide groups is 2. The Hall–Kier alpha value is -5.45. The first-order valence-corrected chi connectivity index (χ1v) is 21.7. The van der Waals surface area contributed by atoms with Crippen molar-refractivity contribution in [1.82, 2.24) is 20.0 Å². The molecule has 60 heavy (non-hydrogen) atoms. The van der Waals surface area contributed by atoms with Crippen LogP contribution in [0.5, 0.6) is 0 Å². The number of carbonyl (C=O) groups is 5. The van der Waals surface area contributed by atoms with E-state index in [-0.39, 0.29) is 35.5 Å². The molecular weight excluding hydrogens is 780 g/mol. The summed E-state index contributed by atoms with van der Waals surface area (Å²) in [6.45, 7) is 19.6. The van der Waals surface area contributed by atoms with E-state index in [1.165, 1.54) is 0 Å². The van der Waals surface area contributed by atoms with Gasteiger partial charge in [0.2, 0.25) is 17.5 Å². The molecule has 0 radical (unpaired) electrons. The van der Waals surface area contributed by atoms with E-state index in [0.29, 0.717) is 21.8 Å². The first-order chi connectivity index (χ1) is 28.9. The molecule has 0 saturated carbocycles. The lowest BCUT2D eigenvalue weighted by molar-refractivity contribution is -0.136. The molecule has 3 aromatic carbocycles. The summed E-state index contributed by atoms with van der Waals surface area (Å²) < 4.78 is 0. The third-order valence-corrected chi connectivity index (χ3v) is 14.5.